The molecule has 0 unspecified atom stereocenters. The summed E-state index contributed by atoms with van der Waals surface area (Å²) in [5.74, 6) is -0.0459. The van der Waals surface area contributed by atoms with E-state index in [1.165, 1.54) is 57.8 Å². The average Bonchev–Trinajstić information content (AvgIpc) is 2.51. The van der Waals surface area contributed by atoms with Crippen LogP contribution in [0.5, 0.6) is 0 Å². The molecule has 0 N–H and O–H groups in total. The summed E-state index contributed by atoms with van der Waals surface area (Å²) in [5.41, 5.74) is 0. The number of hydrogen-bond donors (Lipinski definition) is 0. The van der Waals surface area contributed by atoms with Gasteiger partial charge in [0, 0.05) is 6.42 Å². The molecule has 0 saturated heterocycles. The number of allylic oxidation sites excluding steroid dienone is 4. The van der Waals surface area contributed by atoms with Crippen LogP contribution in [0, 0.1) is 0 Å². The van der Waals surface area contributed by atoms with Gasteiger partial charge in [0.05, 0.1) is 6.61 Å². The van der Waals surface area contributed by atoms with E-state index in [4.69, 9.17) is 4.74 Å². The minimum absolute atomic E-state index is 0.0459. The number of rotatable bonds is 15. The van der Waals surface area contributed by atoms with Crippen LogP contribution < -0.4 is 0 Å². The van der Waals surface area contributed by atoms with Crippen molar-refractivity contribution >= 4 is 5.97 Å². The van der Waals surface area contributed by atoms with E-state index < -0.39 is 0 Å². The Hall–Kier alpha value is -1.05. The molecule has 0 aliphatic heterocycles. The monoisotopic (exact) mass is 308 g/mol. The van der Waals surface area contributed by atoms with Crippen molar-refractivity contribution in [2.45, 2.75) is 90.9 Å². The maximum absolute atomic E-state index is 11.1. The predicted molar refractivity (Wildman–Crippen MR) is 96.0 cm³/mol. The van der Waals surface area contributed by atoms with Crippen LogP contribution in [0.1, 0.15) is 90.9 Å². The van der Waals surface area contributed by atoms with Crippen LogP contribution in [0.4, 0.5) is 0 Å². The molecule has 0 aromatic rings. The minimum atomic E-state index is -0.0459. The van der Waals surface area contributed by atoms with Crippen LogP contribution in [0.2, 0.25) is 0 Å². The molecular weight excluding hydrogens is 272 g/mol. The number of unbranched alkanes of at least 4 members (excludes halogenated alkanes) is 9. The highest BCUT2D eigenvalue weighted by atomic mass is 16.5. The highest BCUT2D eigenvalue weighted by Crippen LogP contribution is 2.09. The fraction of sp³-hybridized carbons (Fsp3) is 0.750. The Bertz CT molecular complexity index is 292. The van der Waals surface area contributed by atoms with E-state index in [-0.39, 0.29) is 5.97 Å². The lowest BCUT2D eigenvalue weighted by Gasteiger charge is -2.02. The molecular formula is C20H36O2. The van der Waals surface area contributed by atoms with Gasteiger partial charge < -0.3 is 4.74 Å². The largest absolute Gasteiger partial charge is 0.466 e. The van der Waals surface area contributed by atoms with Crippen LogP contribution in [0.3, 0.4) is 0 Å². The van der Waals surface area contributed by atoms with Crippen LogP contribution in [-0.2, 0) is 9.53 Å². The van der Waals surface area contributed by atoms with Crippen LogP contribution in [0.25, 0.3) is 0 Å². The maximum Gasteiger partial charge on any atom is 0.305 e. The summed E-state index contributed by atoms with van der Waals surface area (Å²) in [4.78, 5) is 11.1. The summed E-state index contributed by atoms with van der Waals surface area (Å²) >= 11 is 0. The Morgan fingerprint density at radius 2 is 1.32 bits per heavy atom. The molecule has 0 atom stereocenters. The summed E-state index contributed by atoms with van der Waals surface area (Å²) < 4.78 is 4.91. The maximum atomic E-state index is 11.1. The van der Waals surface area contributed by atoms with Gasteiger partial charge in [-0.3, -0.25) is 4.79 Å². The molecule has 0 aliphatic carbocycles. The van der Waals surface area contributed by atoms with Crippen molar-refractivity contribution in [3.63, 3.8) is 0 Å². The Morgan fingerprint density at radius 3 is 1.91 bits per heavy atom. The lowest BCUT2D eigenvalue weighted by molar-refractivity contribution is -0.143. The third kappa shape index (κ3) is 17.0. The Labute approximate surface area is 138 Å². The zero-order chi connectivity index (χ0) is 16.3. The first-order valence-corrected chi connectivity index (χ1v) is 9.28. The van der Waals surface area contributed by atoms with Crippen molar-refractivity contribution < 1.29 is 9.53 Å². The topological polar surface area (TPSA) is 26.3 Å². The zero-order valence-corrected chi connectivity index (χ0v) is 14.8. The first-order chi connectivity index (χ1) is 10.8. The van der Waals surface area contributed by atoms with E-state index in [0.29, 0.717) is 13.0 Å². The summed E-state index contributed by atoms with van der Waals surface area (Å²) in [7, 11) is 0. The van der Waals surface area contributed by atoms with Crippen molar-refractivity contribution in [1.82, 2.24) is 0 Å². The van der Waals surface area contributed by atoms with E-state index in [9.17, 15) is 4.79 Å². The second-order valence-corrected chi connectivity index (χ2v) is 5.82. The standard InChI is InChI=1S/C20H36O2/c1-3-5-6-7-8-9-10-11-12-13-14-15-16-17-18-19-20(21)22-4-2/h8-11H,3-7,12-19H2,1-2H3/b9-8+,11-10+. The van der Waals surface area contributed by atoms with Gasteiger partial charge in [-0.1, -0.05) is 69.8 Å². The normalized spacial score (nSPS) is 11.5. The number of ether oxygens (including phenoxy) is 1. The van der Waals surface area contributed by atoms with Crippen molar-refractivity contribution in [2.75, 3.05) is 6.61 Å². The molecule has 0 aromatic carbocycles. The van der Waals surface area contributed by atoms with Gasteiger partial charge in [0.25, 0.3) is 0 Å². The fourth-order valence-electron chi connectivity index (χ4n) is 2.33. The molecule has 22 heavy (non-hydrogen) atoms. The van der Waals surface area contributed by atoms with E-state index in [0.717, 1.165) is 12.8 Å². The summed E-state index contributed by atoms with van der Waals surface area (Å²) in [6.07, 6.45) is 23.1. The number of carbonyl (C=O) groups excluding carboxylic acids is 1. The quantitative estimate of drug-likeness (QED) is 0.200. The molecule has 0 amide bonds. The van der Waals surface area contributed by atoms with E-state index in [2.05, 4.69) is 31.2 Å². The third-order valence-electron chi connectivity index (χ3n) is 3.66. The average molecular weight is 309 g/mol. The Morgan fingerprint density at radius 1 is 0.773 bits per heavy atom. The molecule has 0 saturated carbocycles. The highest BCUT2D eigenvalue weighted by Gasteiger charge is 2.00. The van der Waals surface area contributed by atoms with Gasteiger partial charge in [-0.05, 0) is 39.0 Å². The summed E-state index contributed by atoms with van der Waals surface area (Å²) in [6, 6.07) is 0. The minimum Gasteiger partial charge on any atom is -0.466 e. The van der Waals surface area contributed by atoms with Gasteiger partial charge >= 0.3 is 5.97 Å². The zero-order valence-electron chi connectivity index (χ0n) is 14.8. The van der Waals surface area contributed by atoms with E-state index in [1.807, 2.05) is 6.92 Å². The van der Waals surface area contributed by atoms with E-state index >= 15 is 0 Å². The lowest BCUT2D eigenvalue weighted by Crippen LogP contribution is -2.03. The van der Waals surface area contributed by atoms with Gasteiger partial charge in [0.15, 0.2) is 0 Å². The molecule has 0 heterocycles. The molecule has 0 aromatic heterocycles. The second kappa shape index (κ2) is 18.0. The smallest absolute Gasteiger partial charge is 0.305 e. The molecule has 2 heteroatoms. The SMILES string of the molecule is CCCCC/C=C/C=C/CCCCCCCCC(=O)OCC. The van der Waals surface area contributed by atoms with Crippen molar-refractivity contribution in [3.8, 4) is 0 Å². The van der Waals surface area contributed by atoms with Crippen LogP contribution in [-0.4, -0.2) is 12.6 Å². The summed E-state index contributed by atoms with van der Waals surface area (Å²) in [6.45, 7) is 4.60. The van der Waals surface area contributed by atoms with Gasteiger partial charge in [-0.25, -0.2) is 0 Å². The number of esters is 1. The van der Waals surface area contributed by atoms with Crippen molar-refractivity contribution in [3.05, 3.63) is 24.3 Å². The van der Waals surface area contributed by atoms with Crippen molar-refractivity contribution in [2.24, 2.45) is 0 Å². The third-order valence-corrected chi connectivity index (χ3v) is 3.66. The highest BCUT2D eigenvalue weighted by molar-refractivity contribution is 5.69. The van der Waals surface area contributed by atoms with Gasteiger partial charge in [0.1, 0.15) is 0 Å². The molecule has 0 aliphatic rings. The van der Waals surface area contributed by atoms with Gasteiger partial charge in [-0.15, -0.1) is 0 Å². The molecule has 0 radical (unpaired) electrons. The second-order valence-electron chi connectivity index (χ2n) is 5.82. The number of hydrogen-bond acceptors (Lipinski definition) is 2. The molecule has 0 fully saturated rings. The summed E-state index contributed by atoms with van der Waals surface area (Å²) in [5, 5.41) is 0. The first-order valence-electron chi connectivity index (χ1n) is 9.28. The Balaban J connectivity index is 3.21. The van der Waals surface area contributed by atoms with Gasteiger partial charge in [0.2, 0.25) is 0 Å². The Kier molecular flexibility index (Phi) is 17.1. The molecule has 0 rings (SSSR count). The molecule has 2 nitrogen and oxygen atoms in total. The van der Waals surface area contributed by atoms with Gasteiger partial charge in [-0.2, -0.15) is 0 Å². The van der Waals surface area contributed by atoms with Crippen LogP contribution >= 0.6 is 0 Å². The molecule has 0 spiro atoms. The number of carbonyl (C=O) groups is 1. The fourth-order valence-corrected chi connectivity index (χ4v) is 2.33. The predicted octanol–water partition coefficient (Wildman–Crippen LogP) is 6.36. The molecule has 128 valence electrons. The van der Waals surface area contributed by atoms with Crippen molar-refractivity contribution in [1.29, 1.82) is 0 Å². The van der Waals surface area contributed by atoms with E-state index in [1.54, 1.807) is 0 Å². The van der Waals surface area contributed by atoms with Crippen LogP contribution in [0.15, 0.2) is 24.3 Å². The lowest BCUT2D eigenvalue weighted by atomic mass is 10.1. The first kappa shape index (κ1) is 20.9. The molecule has 0 bridgehead atoms.